The highest BCUT2D eigenvalue weighted by Gasteiger charge is 2.43. The van der Waals surface area contributed by atoms with Crippen molar-refractivity contribution < 1.29 is 14.7 Å². The normalized spacial score (nSPS) is 24.0. The van der Waals surface area contributed by atoms with Crippen molar-refractivity contribution in [3.8, 4) is 0 Å². The molecule has 0 unspecified atom stereocenters. The summed E-state index contributed by atoms with van der Waals surface area (Å²) in [5.74, 6) is -0.109. The topological polar surface area (TPSA) is 82.0 Å². The minimum absolute atomic E-state index is 0.109. The quantitative estimate of drug-likeness (QED) is 0.557. The third-order valence-electron chi connectivity index (χ3n) is 2.79. The number of aliphatic imine (C=N–C) groups is 1. The highest BCUT2D eigenvalue weighted by molar-refractivity contribution is 6.00. The Labute approximate surface area is 80.6 Å². The van der Waals surface area contributed by atoms with Crippen LogP contribution in [0.25, 0.3) is 0 Å². The van der Waals surface area contributed by atoms with Crippen LogP contribution in [0.15, 0.2) is 4.99 Å². The van der Waals surface area contributed by atoms with Gasteiger partial charge in [-0.1, -0.05) is 0 Å². The van der Waals surface area contributed by atoms with Crippen molar-refractivity contribution in [1.82, 2.24) is 10.2 Å². The Kier molecular flexibility index (Phi) is 1.90. The van der Waals surface area contributed by atoms with Crippen molar-refractivity contribution in [3.63, 3.8) is 0 Å². The van der Waals surface area contributed by atoms with Gasteiger partial charge < -0.3 is 15.3 Å². The first-order valence-electron chi connectivity index (χ1n) is 4.47. The monoisotopic (exact) mass is 197 g/mol. The third-order valence-corrected chi connectivity index (χ3v) is 2.79. The fourth-order valence-corrected chi connectivity index (χ4v) is 1.83. The molecule has 0 aromatic carbocycles. The van der Waals surface area contributed by atoms with E-state index in [-0.39, 0.29) is 5.91 Å². The first-order chi connectivity index (χ1) is 6.64. The van der Waals surface area contributed by atoms with E-state index in [1.54, 1.807) is 0 Å². The molecule has 6 nitrogen and oxygen atoms in total. The molecule has 14 heavy (non-hydrogen) atoms. The average Bonchev–Trinajstić information content (AvgIpc) is 2.49. The molecule has 76 valence electrons. The van der Waals surface area contributed by atoms with Crippen LogP contribution in [-0.2, 0) is 4.79 Å². The molecule has 0 radical (unpaired) electrons. The number of hydrogen-bond acceptors (Lipinski definition) is 3. The van der Waals surface area contributed by atoms with Crippen LogP contribution in [0.1, 0.15) is 12.8 Å². The van der Waals surface area contributed by atoms with Crippen LogP contribution in [0.2, 0.25) is 0 Å². The molecule has 2 rings (SSSR count). The van der Waals surface area contributed by atoms with Crippen LogP contribution in [0, 0.1) is 0 Å². The lowest BCUT2D eigenvalue weighted by molar-refractivity contribution is -0.125. The summed E-state index contributed by atoms with van der Waals surface area (Å²) in [5, 5.41) is 11.2. The molecule has 2 aliphatic heterocycles. The van der Waals surface area contributed by atoms with Gasteiger partial charge in [0.1, 0.15) is 5.54 Å². The number of nitrogens with zero attached hydrogens (tertiary/aromatic N) is 2. The molecule has 2 heterocycles. The van der Waals surface area contributed by atoms with Gasteiger partial charge in [0, 0.05) is 13.1 Å². The van der Waals surface area contributed by atoms with Gasteiger partial charge in [0.25, 0.3) is 5.91 Å². The lowest BCUT2D eigenvalue weighted by atomic mass is 9.88. The molecule has 0 aromatic heterocycles. The van der Waals surface area contributed by atoms with Crippen molar-refractivity contribution in [2.24, 2.45) is 4.99 Å². The predicted molar refractivity (Wildman–Crippen MR) is 48.2 cm³/mol. The van der Waals surface area contributed by atoms with E-state index in [9.17, 15) is 9.59 Å². The summed E-state index contributed by atoms with van der Waals surface area (Å²) in [7, 11) is 0. The second-order valence-electron chi connectivity index (χ2n) is 3.53. The Morgan fingerprint density at radius 3 is 2.64 bits per heavy atom. The maximum Gasteiger partial charge on any atom is 0.407 e. The second-order valence-corrected chi connectivity index (χ2v) is 3.53. The minimum atomic E-state index is -0.928. The van der Waals surface area contributed by atoms with Crippen LogP contribution < -0.4 is 5.32 Å². The lowest BCUT2D eigenvalue weighted by Gasteiger charge is -2.33. The first-order valence-corrected chi connectivity index (χ1v) is 4.47. The summed E-state index contributed by atoms with van der Waals surface area (Å²) in [6, 6.07) is 0. The molecule has 0 aliphatic carbocycles. The molecular weight excluding hydrogens is 186 g/mol. The maximum absolute atomic E-state index is 11.4. The van der Waals surface area contributed by atoms with Gasteiger partial charge in [0.2, 0.25) is 0 Å². The molecule has 0 aromatic rings. The Hall–Kier alpha value is -1.59. The Balaban J connectivity index is 2.05. The number of carbonyl (C=O) groups excluding carboxylic acids is 1. The van der Waals surface area contributed by atoms with Crippen LogP contribution in [0.5, 0.6) is 0 Å². The lowest BCUT2D eigenvalue weighted by Crippen LogP contribution is -2.50. The zero-order valence-corrected chi connectivity index (χ0v) is 7.56. The number of carboxylic acid groups (broad SMARTS) is 1. The zero-order valence-electron chi connectivity index (χ0n) is 7.56. The Morgan fingerprint density at radius 2 is 2.21 bits per heavy atom. The summed E-state index contributed by atoms with van der Waals surface area (Å²) in [6.45, 7) is 0.750. The van der Waals surface area contributed by atoms with Gasteiger partial charge in [0.05, 0.1) is 6.34 Å². The van der Waals surface area contributed by atoms with Gasteiger partial charge in [-0.3, -0.25) is 9.79 Å². The third kappa shape index (κ3) is 1.23. The summed E-state index contributed by atoms with van der Waals surface area (Å²) in [4.78, 5) is 27.5. The average molecular weight is 197 g/mol. The van der Waals surface area contributed by atoms with Crippen LogP contribution >= 0.6 is 0 Å². The Bertz CT molecular complexity index is 305. The molecule has 1 spiro atoms. The molecule has 1 fully saturated rings. The molecular formula is C8H11N3O3. The van der Waals surface area contributed by atoms with E-state index in [1.807, 2.05) is 0 Å². The predicted octanol–water partition coefficient (Wildman–Crippen LogP) is -0.343. The molecule has 0 atom stereocenters. The van der Waals surface area contributed by atoms with E-state index in [4.69, 9.17) is 5.11 Å². The number of carbonyl (C=O) groups is 2. The van der Waals surface area contributed by atoms with E-state index in [0.717, 1.165) is 0 Å². The summed E-state index contributed by atoms with van der Waals surface area (Å²) >= 11 is 0. The van der Waals surface area contributed by atoms with Crippen LogP contribution in [0.4, 0.5) is 4.79 Å². The minimum Gasteiger partial charge on any atom is -0.465 e. The molecule has 2 aliphatic rings. The van der Waals surface area contributed by atoms with E-state index in [2.05, 4.69) is 10.3 Å². The molecule has 1 saturated heterocycles. The van der Waals surface area contributed by atoms with Gasteiger partial charge in [0.15, 0.2) is 0 Å². The van der Waals surface area contributed by atoms with Crippen molar-refractivity contribution in [1.29, 1.82) is 0 Å². The van der Waals surface area contributed by atoms with Crippen LogP contribution in [-0.4, -0.2) is 47.0 Å². The van der Waals surface area contributed by atoms with Crippen molar-refractivity contribution in [2.75, 3.05) is 13.1 Å². The van der Waals surface area contributed by atoms with Crippen LogP contribution in [0.3, 0.4) is 0 Å². The highest BCUT2D eigenvalue weighted by atomic mass is 16.4. The van der Waals surface area contributed by atoms with E-state index >= 15 is 0 Å². The summed E-state index contributed by atoms with van der Waals surface area (Å²) in [5.41, 5.74) is -0.689. The molecule has 6 heteroatoms. The van der Waals surface area contributed by atoms with Crippen molar-refractivity contribution in [2.45, 2.75) is 18.4 Å². The number of amides is 2. The smallest absolute Gasteiger partial charge is 0.407 e. The number of rotatable bonds is 0. The standard InChI is InChI=1S/C8H11N3O3/c12-6-8(10-5-9-6)1-3-11(4-2-8)7(13)14/h5H,1-4H2,(H,13,14)(H,9,10,12). The van der Waals surface area contributed by atoms with Crippen molar-refractivity contribution in [3.05, 3.63) is 0 Å². The van der Waals surface area contributed by atoms with Gasteiger partial charge >= 0.3 is 6.09 Å². The SMILES string of the molecule is O=C(O)N1CCC2(CC1)N=CNC2=O. The van der Waals surface area contributed by atoms with Crippen molar-refractivity contribution >= 4 is 18.3 Å². The largest absolute Gasteiger partial charge is 0.465 e. The van der Waals surface area contributed by atoms with E-state index in [1.165, 1.54) is 11.2 Å². The number of nitrogens with one attached hydrogen (secondary N) is 1. The second kappa shape index (κ2) is 2.97. The van der Waals surface area contributed by atoms with Gasteiger partial charge in [-0.25, -0.2) is 4.79 Å². The molecule has 0 saturated carbocycles. The number of hydrogen-bond donors (Lipinski definition) is 2. The van der Waals surface area contributed by atoms with Gasteiger partial charge in [-0.2, -0.15) is 0 Å². The summed E-state index contributed by atoms with van der Waals surface area (Å²) < 4.78 is 0. The Morgan fingerprint density at radius 1 is 1.57 bits per heavy atom. The summed E-state index contributed by atoms with van der Waals surface area (Å²) in [6.07, 6.45) is 1.42. The fraction of sp³-hybridized carbons (Fsp3) is 0.625. The zero-order chi connectivity index (χ0) is 10.2. The maximum atomic E-state index is 11.4. The van der Waals surface area contributed by atoms with Gasteiger partial charge in [-0.15, -0.1) is 0 Å². The molecule has 2 amide bonds. The number of piperidine rings is 1. The molecule has 0 bridgehead atoms. The number of likely N-dealkylation sites (tertiary alicyclic amines) is 1. The highest BCUT2D eigenvalue weighted by Crippen LogP contribution is 2.28. The first kappa shape index (κ1) is 8.98. The fourth-order valence-electron chi connectivity index (χ4n) is 1.83. The van der Waals surface area contributed by atoms with E-state index in [0.29, 0.717) is 25.9 Å². The molecule has 2 N–H and O–H groups in total. The van der Waals surface area contributed by atoms with E-state index < -0.39 is 11.6 Å². The van der Waals surface area contributed by atoms with Gasteiger partial charge in [-0.05, 0) is 12.8 Å².